The van der Waals surface area contributed by atoms with E-state index in [4.69, 9.17) is 14.6 Å². The molecule has 2 aromatic carbocycles. The van der Waals surface area contributed by atoms with Gasteiger partial charge in [0.05, 0.1) is 36.0 Å². The van der Waals surface area contributed by atoms with Crippen molar-refractivity contribution in [2.75, 3.05) is 39.4 Å². The largest absolute Gasteiger partial charge is 0.378 e. The van der Waals surface area contributed by atoms with Gasteiger partial charge >= 0.3 is 0 Å². The predicted octanol–water partition coefficient (Wildman–Crippen LogP) is 3.10. The molecule has 3 aromatic rings. The summed E-state index contributed by atoms with van der Waals surface area (Å²) < 4.78 is 41.3. The number of hydrogen-bond donors (Lipinski definition) is 0. The Hall–Kier alpha value is -3.82. The number of para-hydroxylation sites is 1. The van der Waals surface area contributed by atoms with Crippen LogP contribution >= 0.6 is 0 Å². The molecule has 2 unspecified atom stereocenters. The topological polar surface area (TPSA) is 118 Å². The number of rotatable bonds is 6. The number of hydrogen-bond acceptors (Lipinski definition) is 7. The molecule has 0 N–H and O–H groups in total. The fourth-order valence-electron chi connectivity index (χ4n) is 4.94. The second kappa shape index (κ2) is 11.7. The summed E-state index contributed by atoms with van der Waals surface area (Å²) in [4.78, 5) is 14.9. The zero-order chi connectivity index (χ0) is 28.3. The van der Waals surface area contributed by atoms with E-state index in [1.807, 2.05) is 50.2 Å². The highest BCUT2D eigenvalue weighted by molar-refractivity contribution is 7.89. The quantitative estimate of drug-likeness (QED) is 0.335. The number of carbonyl (C=O) groups is 1. The summed E-state index contributed by atoms with van der Waals surface area (Å²) in [5, 5.41) is 14.7. The first-order chi connectivity index (χ1) is 19.3. The molecule has 0 bridgehead atoms. The lowest BCUT2D eigenvalue weighted by atomic mass is 10.1. The van der Waals surface area contributed by atoms with Gasteiger partial charge in [0, 0.05) is 43.5 Å². The number of benzene rings is 2. The molecule has 10 nitrogen and oxygen atoms in total. The van der Waals surface area contributed by atoms with Gasteiger partial charge in [-0.2, -0.15) is 14.7 Å². The lowest BCUT2D eigenvalue weighted by Gasteiger charge is -2.34. The van der Waals surface area contributed by atoms with Gasteiger partial charge in [-0.25, -0.2) is 13.1 Å². The van der Waals surface area contributed by atoms with Crippen LogP contribution in [0.3, 0.4) is 0 Å². The molecule has 208 valence electrons. The molecule has 1 amide bonds. The molecule has 1 aromatic heterocycles. The molecule has 0 radical (unpaired) electrons. The molecule has 2 saturated heterocycles. The molecule has 2 aliphatic rings. The van der Waals surface area contributed by atoms with Crippen molar-refractivity contribution in [1.82, 2.24) is 19.0 Å². The second-order valence-corrected chi connectivity index (χ2v) is 11.8. The summed E-state index contributed by atoms with van der Waals surface area (Å²) in [7, 11) is -3.79. The van der Waals surface area contributed by atoms with E-state index in [0.29, 0.717) is 43.1 Å². The highest BCUT2D eigenvalue weighted by Crippen LogP contribution is 2.30. The van der Waals surface area contributed by atoms with Crippen molar-refractivity contribution < 1.29 is 22.7 Å². The summed E-state index contributed by atoms with van der Waals surface area (Å²) in [5.41, 5.74) is 2.27. The SMILES string of the molecule is CC1CN(S(=O)(=O)c2cccc(-c3nn(-c4ccccc4)cc3C=C(C#N)C(=O)N3CCOCC3)c2)CC(C)O1. The Kier molecular flexibility index (Phi) is 8.14. The van der Waals surface area contributed by atoms with Crippen LogP contribution in [0.1, 0.15) is 19.4 Å². The summed E-state index contributed by atoms with van der Waals surface area (Å²) in [5.74, 6) is -0.379. The fraction of sp³-hybridized carbons (Fsp3) is 0.345. The predicted molar refractivity (Wildman–Crippen MR) is 149 cm³/mol. The average molecular weight is 562 g/mol. The van der Waals surface area contributed by atoms with Crippen LogP contribution in [0.15, 0.2) is 71.3 Å². The number of ether oxygens (including phenoxy) is 2. The molecule has 2 fully saturated rings. The van der Waals surface area contributed by atoms with Crippen molar-refractivity contribution in [3.05, 3.63) is 71.9 Å². The van der Waals surface area contributed by atoms with Gasteiger partial charge < -0.3 is 14.4 Å². The Bertz CT molecular complexity index is 1540. The van der Waals surface area contributed by atoms with Crippen LogP contribution in [0.25, 0.3) is 23.0 Å². The van der Waals surface area contributed by atoms with Gasteiger partial charge in [0.2, 0.25) is 10.0 Å². The van der Waals surface area contributed by atoms with E-state index < -0.39 is 10.0 Å². The Balaban J connectivity index is 1.57. The first-order valence-electron chi connectivity index (χ1n) is 13.2. The Morgan fingerprint density at radius 1 is 1.05 bits per heavy atom. The number of sulfonamides is 1. The summed E-state index contributed by atoms with van der Waals surface area (Å²) in [6.07, 6.45) is 2.83. The molecule has 0 spiro atoms. The highest BCUT2D eigenvalue weighted by Gasteiger charge is 2.32. The molecule has 0 aliphatic carbocycles. The van der Waals surface area contributed by atoms with Crippen molar-refractivity contribution in [1.29, 1.82) is 5.26 Å². The van der Waals surface area contributed by atoms with E-state index in [1.54, 1.807) is 40.0 Å². The first kappa shape index (κ1) is 27.7. The van der Waals surface area contributed by atoms with Crippen LogP contribution < -0.4 is 0 Å². The minimum Gasteiger partial charge on any atom is -0.378 e. The van der Waals surface area contributed by atoms with Crippen LogP contribution in [0, 0.1) is 11.3 Å². The smallest absolute Gasteiger partial charge is 0.264 e. The van der Waals surface area contributed by atoms with Gasteiger partial charge in [-0.15, -0.1) is 0 Å². The lowest BCUT2D eigenvalue weighted by Crippen LogP contribution is -2.48. The maximum Gasteiger partial charge on any atom is 0.264 e. The first-order valence-corrected chi connectivity index (χ1v) is 14.6. The Labute approximate surface area is 234 Å². The third-order valence-electron chi connectivity index (χ3n) is 6.84. The molecule has 5 rings (SSSR count). The number of nitrogens with zero attached hydrogens (tertiary/aromatic N) is 5. The van der Waals surface area contributed by atoms with Gasteiger partial charge in [0.1, 0.15) is 17.3 Å². The third kappa shape index (κ3) is 5.85. The molecular formula is C29H31N5O5S. The zero-order valence-corrected chi connectivity index (χ0v) is 23.3. The van der Waals surface area contributed by atoms with Gasteiger partial charge in [-0.05, 0) is 44.2 Å². The normalized spacial score (nSPS) is 20.7. The molecule has 2 aliphatic heterocycles. The van der Waals surface area contributed by atoms with E-state index in [2.05, 4.69) is 0 Å². The van der Waals surface area contributed by atoms with Crippen LogP contribution in [0.5, 0.6) is 0 Å². The minimum atomic E-state index is -3.79. The number of amides is 1. The molecule has 40 heavy (non-hydrogen) atoms. The summed E-state index contributed by atoms with van der Waals surface area (Å²) in [6.45, 7) is 5.90. The minimum absolute atomic E-state index is 0.0316. The van der Waals surface area contributed by atoms with Crippen LogP contribution in [-0.2, 0) is 24.3 Å². The van der Waals surface area contributed by atoms with Crippen molar-refractivity contribution in [2.45, 2.75) is 31.0 Å². The van der Waals surface area contributed by atoms with Crippen LogP contribution in [0.4, 0.5) is 0 Å². The summed E-state index contributed by atoms with van der Waals surface area (Å²) >= 11 is 0. The fourth-order valence-corrected chi connectivity index (χ4v) is 6.58. The number of morpholine rings is 2. The van der Waals surface area contributed by atoms with Crippen molar-refractivity contribution >= 4 is 22.0 Å². The highest BCUT2D eigenvalue weighted by atomic mass is 32.2. The molecule has 2 atom stereocenters. The molecular weight excluding hydrogens is 530 g/mol. The van der Waals surface area contributed by atoms with Crippen LogP contribution in [-0.4, -0.2) is 84.9 Å². The maximum atomic E-state index is 13.6. The van der Waals surface area contributed by atoms with Gasteiger partial charge in [-0.3, -0.25) is 4.79 Å². The van der Waals surface area contributed by atoms with Crippen molar-refractivity contribution in [3.8, 4) is 23.0 Å². The molecule has 11 heteroatoms. The summed E-state index contributed by atoms with van der Waals surface area (Å²) in [6, 6.07) is 18.1. The van der Waals surface area contributed by atoms with E-state index in [9.17, 15) is 18.5 Å². The number of nitriles is 1. The van der Waals surface area contributed by atoms with Gasteiger partial charge in [0.15, 0.2) is 0 Å². The Morgan fingerprint density at radius 3 is 2.42 bits per heavy atom. The lowest BCUT2D eigenvalue weighted by molar-refractivity contribution is -0.130. The van der Waals surface area contributed by atoms with Gasteiger partial charge in [0.25, 0.3) is 5.91 Å². The number of carbonyl (C=O) groups excluding carboxylic acids is 1. The number of aromatic nitrogens is 2. The Morgan fingerprint density at radius 2 is 1.75 bits per heavy atom. The average Bonchev–Trinajstić information content (AvgIpc) is 3.40. The van der Waals surface area contributed by atoms with E-state index >= 15 is 0 Å². The monoisotopic (exact) mass is 561 g/mol. The van der Waals surface area contributed by atoms with Gasteiger partial charge in [-0.1, -0.05) is 30.3 Å². The molecule has 3 heterocycles. The third-order valence-corrected chi connectivity index (χ3v) is 8.67. The standard InChI is InChI=1S/C29H31N5O5S/c1-21-18-33(19-22(2)39-21)40(36,37)27-10-6-7-23(16-27)28-25(20-34(31-28)26-8-4-3-5-9-26)15-24(17-30)29(35)32-11-13-38-14-12-32/h3-10,15-16,20-22H,11-14,18-19H2,1-2H3. The zero-order valence-electron chi connectivity index (χ0n) is 22.4. The second-order valence-electron chi connectivity index (χ2n) is 9.89. The van der Waals surface area contributed by atoms with E-state index in [-0.39, 0.29) is 41.7 Å². The molecule has 0 saturated carbocycles. The van der Waals surface area contributed by atoms with Crippen molar-refractivity contribution in [3.63, 3.8) is 0 Å². The van der Waals surface area contributed by atoms with E-state index in [1.165, 1.54) is 10.4 Å². The van der Waals surface area contributed by atoms with Crippen molar-refractivity contribution in [2.24, 2.45) is 0 Å². The van der Waals surface area contributed by atoms with Crippen LogP contribution in [0.2, 0.25) is 0 Å². The van der Waals surface area contributed by atoms with E-state index in [0.717, 1.165) is 5.69 Å². The maximum absolute atomic E-state index is 13.6.